The number of fused-ring (bicyclic) bond motifs is 1. The average molecular weight is 576 g/mol. The van der Waals surface area contributed by atoms with Gasteiger partial charge in [-0.1, -0.05) is 23.7 Å². The first-order valence-corrected chi connectivity index (χ1v) is 10.9. The van der Waals surface area contributed by atoms with E-state index in [0.717, 1.165) is 42.1 Å². The predicted octanol–water partition coefficient (Wildman–Crippen LogP) is 4.73. The van der Waals surface area contributed by atoms with E-state index in [4.69, 9.17) is 35.5 Å². The zero-order chi connectivity index (χ0) is 21.7. The van der Waals surface area contributed by atoms with Gasteiger partial charge in [-0.05, 0) is 36.2 Å². The average Bonchev–Trinajstić information content (AvgIpc) is 3.03. The number of rotatable bonds is 10. The van der Waals surface area contributed by atoms with Crippen molar-refractivity contribution in [1.29, 1.82) is 0 Å². The third kappa shape index (κ3) is 9.40. The number of anilines is 1. The Balaban J connectivity index is 0.00000363. The van der Waals surface area contributed by atoms with Gasteiger partial charge in [0.2, 0.25) is 0 Å². The van der Waals surface area contributed by atoms with Gasteiger partial charge in [0, 0.05) is 43.5 Å². The SMILES string of the molecule is COCCOCCCNC(=NCc1ccc(Cl)cc1)Nc1ccc2c(c1)OCCCO2.I. The van der Waals surface area contributed by atoms with Gasteiger partial charge in [0.05, 0.1) is 33.0 Å². The second-order valence-corrected chi connectivity index (χ2v) is 7.45. The molecule has 0 aliphatic carbocycles. The molecule has 0 unspecified atom stereocenters. The molecule has 0 fully saturated rings. The number of hydrogen-bond donors (Lipinski definition) is 2. The fourth-order valence-corrected chi connectivity index (χ4v) is 3.03. The van der Waals surface area contributed by atoms with Crippen molar-refractivity contribution in [2.24, 2.45) is 4.99 Å². The molecule has 0 saturated heterocycles. The van der Waals surface area contributed by atoms with Crippen LogP contribution in [0, 0.1) is 0 Å². The molecule has 0 atom stereocenters. The molecule has 3 rings (SSSR count). The van der Waals surface area contributed by atoms with Crippen LogP contribution in [-0.2, 0) is 16.0 Å². The summed E-state index contributed by atoms with van der Waals surface area (Å²) >= 11 is 5.98. The maximum Gasteiger partial charge on any atom is 0.196 e. The number of ether oxygens (including phenoxy) is 4. The molecule has 0 aromatic heterocycles. The highest BCUT2D eigenvalue weighted by atomic mass is 127. The van der Waals surface area contributed by atoms with Gasteiger partial charge in [-0.3, -0.25) is 0 Å². The standard InChI is InChI=1S/C23H30ClN3O4.HI/c1-28-14-15-29-11-2-10-25-23(26-17-18-4-6-19(24)7-5-18)27-20-8-9-21-22(16-20)31-13-3-12-30-21;/h4-9,16H,2-3,10-15,17H2,1H3,(H2,25,26,27);1H. The number of guanidine groups is 1. The van der Waals surface area contributed by atoms with Gasteiger partial charge in [0.1, 0.15) is 0 Å². The Morgan fingerprint density at radius 3 is 2.59 bits per heavy atom. The molecule has 1 aliphatic rings. The van der Waals surface area contributed by atoms with E-state index in [1.54, 1.807) is 7.11 Å². The van der Waals surface area contributed by atoms with Gasteiger partial charge < -0.3 is 29.6 Å². The summed E-state index contributed by atoms with van der Waals surface area (Å²) in [4.78, 5) is 4.72. The van der Waals surface area contributed by atoms with Crippen molar-refractivity contribution >= 4 is 47.2 Å². The molecule has 7 nitrogen and oxygen atoms in total. The maximum atomic E-state index is 5.98. The number of benzene rings is 2. The summed E-state index contributed by atoms with van der Waals surface area (Å²) in [7, 11) is 1.67. The summed E-state index contributed by atoms with van der Waals surface area (Å²) in [6, 6.07) is 13.5. The summed E-state index contributed by atoms with van der Waals surface area (Å²) in [5.41, 5.74) is 1.95. The smallest absolute Gasteiger partial charge is 0.196 e. The zero-order valence-corrected chi connectivity index (χ0v) is 21.4. The van der Waals surface area contributed by atoms with Crippen LogP contribution in [0.3, 0.4) is 0 Å². The first-order valence-electron chi connectivity index (χ1n) is 10.5. The van der Waals surface area contributed by atoms with Crippen LogP contribution in [0.5, 0.6) is 11.5 Å². The van der Waals surface area contributed by atoms with Crippen LogP contribution in [0.4, 0.5) is 5.69 Å². The molecule has 2 N–H and O–H groups in total. The van der Waals surface area contributed by atoms with E-state index in [-0.39, 0.29) is 24.0 Å². The first kappa shape index (κ1) is 26.5. The molecular formula is C23H31ClIN3O4. The molecule has 0 radical (unpaired) electrons. The third-order valence-electron chi connectivity index (χ3n) is 4.53. The van der Waals surface area contributed by atoms with Gasteiger partial charge >= 0.3 is 0 Å². The topological polar surface area (TPSA) is 73.3 Å². The highest BCUT2D eigenvalue weighted by molar-refractivity contribution is 14.0. The van der Waals surface area contributed by atoms with Gasteiger partial charge in [0.15, 0.2) is 17.5 Å². The molecule has 0 bridgehead atoms. The van der Waals surface area contributed by atoms with Crippen LogP contribution in [0.2, 0.25) is 5.02 Å². The van der Waals surface area contributed by atoms with Crippen molar-refractivity contribution in [3.05, 3.63) is 53.1 Å². The van der Waals surface area contributed by atoms with Crippen LogP contribution in [-0.4, -0.2) is 52.6 Å². The van der Waals surface area contributed by atoms with E-state index in [1.807, 2.05) is 42.5 Å². The molecule has 2 aromatic carbocycles. The molecule has 1 heterocycles. The molecule has 0 amide bonds. The van der Waals surface area contributed by atoms with E-state index >= 15 is 0 Å². The van der Waals surface area contributed by atoms with Gasteiger partial charge in [-0.2, -0.15) is 0 Å². The number of hydrogen-bond acceptors (Lipinski definition) is 5. The van der Waals surface area contributed by atoms with Crippen molar-refractivity contribution in [3.63, 3.8) is 0 Å². The van der Waals surface area contributed by atoms with Gasteiger partial charge in [-0.15, -0.1) is 24.0 Å². The molecule has 2 aromatic rings. The Bertz CT molecular complexity index is 836. The van der Waals surface area contributed by atoms with Crippen molar-refractivity contribution in [2.75, 3.05) is 52.0 Å². The number of nitrogens with zero attached hydrogens (tertiary/aromatic N) is 1. The minimum Gasteiger partial charge on any atom is -0.490 e. The van der Waals surface area contributed by atoms with Gasteiger partial charge in [-0.25, -0.2) is 4.99 Å². The summed E-state index contributed by atoms with van der Waals surface area (Å²) < 4.78 is 22.0. The van der Waals surface area contributed by atoms with E-state index in [9.17, 15) is 0 Å². The highest BCUT2D eigenvalue weighted by Gasteiger charge is 2.11. The lowest BCUT2D eigenvalue weighted by Crippen LogP contribution is -2.32. The van der Waals surface area contributed by atoms with E-state index in [0.29, 0.717) is 50.6 Å². The minimum absolute atomic E-state index is 0. The van der Waals surface area contributed by atoms with Crippen LogP contribution in [0.1, 0.15) is 18.4 Å². The Kier molecular flexibility index (Phi) is 12.5. The maximum absolute atomic E-state index is 5.98. The van der Waals surface area contributed by atoms with E-state index in [1.165, 1.54) is 0 Å². The summed E-state index contributed by atoms with van der Waals surface area (Å²) in [5.74, 6) is 2.19. The fraction of sp³-hybridized carbons (Fsp3) is 0.435. The Morgan fingerprint density at radius 1 is 1.03 bits per heavy atom. The second kappa shape index (κ2) is 15.2. The number of aliphatic imine (C=N–C) groups is 1. The van der Waals surface area contributed by atoms with Crippen LogP contribution in [0.25, 0.3) is 0 Å². The van der Waals surface area contributed by atoms with Crippen LogP contribution in [0.15, 0.2) is 47.5 Å². The summed E-state index contributed by atoms with van der Waals surface area (Å²) in [6.07, 6.45) is 1.73. The third-order valence-corrected chi connectivity index (χ3v) is 4.78. The fourth-order valence-electron chi connectivity index (χ4n) is 2.90. The van der Waals surface area contributed by atoms with Crippen LogP contribution < -0.4 is 20.1 Å². The van der Waals surface area contributed by atoms with Gasteiger partial charge in [0.25, 0.3) is 0 Å². The predicted molar refractivity (Wildman–Crippen MR) is 139 cm³/mol. The Morgan fingerprint density at radius 2 is 1.81 bits per heavy atom. The summed E-state index contributed by atoms with van der Waals surface area (Å²) in [6.45, 7) is 4.43. The van der Waals surface area contributed by atoms with Crippen molar-refractivity contribution in [3.8, 4) is 11.5 Å². The van der Waals surface area contributed by atoms with E-state index in [2.05, 4.69) is 10.6 Å². The monoisotopic (exact) mass is 575 g/mol. The number of nitrogens with one attached hydrogen (secondary N) is 2. The molecule has 32 heavy (non-hydrogen) atoms. The molecule has 1 aliphatic heterocycles. The molecule has 0 spiro atoms. The molecule has 9 heteroatoms. The van der Waals surface area contributed by atoms with Crippen molar-refractivity contribution in [2.45, 2.75) is 19.4 Å². The minimum atomic E-state index is 0. The summed E-state index contributed by atoms with van der Waals surface area (Å²) in [5, 5.41) is 7.43. The van der Waals surface area contributed by atoms with E-state index < -0.39 is 0 Å². The first-order chi connectivity index (χ1) is 15.2. The quantitative estimate of drug-likeness (QED) is 0.185. The molecule has 0 saturated carbocycles. The van der Waals surface area contributed by atoms with Crippen LogP contribution >= 0.6 is 35.6 Å². The van der Waals surface area contributed by atoms with Crippen molar-refractivity contribution < 1.29 is 18.9 Å². The Hall–Kier alpha value is -1.75. The number of methoxy groups -OCH3 is 1. The second-order valence-electron chi connectivity index (χ2n) is 7.01. The molecule has 176 valence electrons. The molecular weight excluding hydrogens is 545 g/mol. The lowest BCUT2D eigenvalue weighted by Gasteiger charge is -2.15. The number of halogens is 2. The lowest BCUT2D eigenvalue weighted by atomic mass is 10.2. The lowest BCUT2D eigenvalue weighted by molar-refractivity contribution is 0.0699. The van der Waals surface area contributed by atoms with Crippen molar-refractivity contribution in [1.82, 2.24) is 5.32 Å². The zero-order valence-electron chi connectivity index (χ0n) is 18.3. The largest absolute Gasteiger partial charge is 0.490 e. The highest BCUT2D eigenvalue weighted by Crippen LogP contribution is 2.32. The Labute approximate surface area is 211 Å². The normalized spacial score (nSPS) is 13.1.